The number of ether oxygens (including phenoxy) is 1. The lowest BCUT2D eigenvalue weighted by Gasteiger charge is -2.14. The van der Waals surface area contributed by atoms with E-state index >= 15 is 0 Å². The number of benzene rings is 1. The number of thiophene rings is 1. The summed E-state index contributed by atoms with van der Waals surface area (Å²) in [4.78, 5) is 1.17. The fourth-order valence-electron chi connectivity index (χ4n) is 1.76. The Bertz CT molecular complexity index is 558. The third kappa shape index (κ3) is 3.69. The first-order chi connectivity index (χ1) is 9.10. The molecule has 1 aromatic heterocycles. The Labute approximate surface area is 121 Å². The smallest absolute Gasteiger partial charge is 0.165 e. The Balaban J connectivity index is 2.01. The SMILES string of the molecule is COc1cc(C(C)NCc2ccc(Cl)s2)ccc1F. The quantitative estimate of drug-likeness (QED) is 0.883. The molecule has 0 spiro atoms. The molecule has 5 heteroatoms. The van der Waals surface area contributed by atoms with E-state index in [0.717, 1.165) is 16.4 Å². The molecule has 0 aliphatic heterocycles. The van der Waals surface area contributed by atoms with Crippen molar-refractivity contribution >= 4 is 22.9 Å². The average Bonchev–Trinajstić information content (AvgIpc) is 2.82. The third-order valence-corrected chi connectivity index (χ3v) is 4.12. The Hall–Kier alpha value is -1.10. The molecule has 2 rings (SSSR count). The van der Waals surface area contributed by atoms with E-state index in [-0.39, 0.29) is 17.6 Å². The van der Waals surface area contributed by atoms with Crippen molar-refractivity contribution in [2.75, 3.05) is 7.11 Å². The van der Waals surface area contributed by atoms with E-state index in [2.05, 4.69) is 5.32 Å². The third-order valence-electron chi connectivity index (χ3n) is 2.89. The van der Waals surface area contributed by atoms with Crippen LogP contribution in [-0.4, -0.2) is 7.11 Å². The maximum absolute atomic E-state index is 13.3. The lowest BCUT2D eigenvalue weighted by molar-refractivity contribution is 0.385. The monoisotopic (exact) mass is 299 g/mol. The van der Waals surface area contributed by atoms with E-state index in [1.165, 1.54) is 18.1 Å². The zero-order chi connectivity index (χ0) is 13.8. The zero-order valence-electron chi connectivity index (χ0n) is 10.7. The van der Waals surface area contributed by atoms with Gasteiger partial charge in [0.25, 0.3) is 0 Å². The van der Waals surface area contributed by atoms with Crippen molar-refractivity contribution in [2.24, 2.45) is 0 Å². The van der Waals surface area contributed by atoms with Crippen LogP contribution < -0.4 is 10.1 Å². The Morgan fingerprint density at radius 2 is 2.16 bits per heavy atom. The number of rotatable bonds is 5. The maximum atomic E-state index is 13.3. The average molecular weight is 300 g/mol. The number of nitrogens with one attached hydrogen (secondary N) is 1. The lowest BCUT2D eigenvalue weighted by atomic mass is 10.1. The summed E-state index contributed by atoms with van der Waals surface area (Å²) in [6, 6.07) is 8.89. The van der Waals surface area contributed by atoms with Gasteiger partial charge in [-0.25, -0.2) is 4.39 Å². The van der Waals surface area contributed by atoms with Crippen molar-refractivity contribution in [3.8, 4) is 5.75 Å². The zero-order valence-corrected chi connectivity index (χ0v) is 12.3. The van der Waals surface area contributed by atoms with E-state index in [1.807, 2.05) is 19.1 Å². The summed E-state index contributed by atoms with van der Waals surface area (Å²) >= 11 is 7.44. The van der Waals surface area contributed by atoms with Crippen molar-refractivity contribution < 1.29 is 9.13 Å². The molecule has 1 atom stereocenters. The number of methoxy groups -OCH3 is 1. The van der Waals surface area contributed by atoms with Gasteiger partial charge in [-0.2, -0.15) is 0 Å². The lowest BCUT2D eigenvalue weighted by Crippen LogP contribution is -2.17. The standard InChI is InChI=1S/C14H15ClFNOS/c1-9(17-8-11-4-6-14(15)19-11)10-3-5-12(16)13(7-10)18-2/h3-7,9,17H,8H2,1-2H3. The van der Waals surface area contributed by atoms with Crippen molar-refractivity contribution in [3.63, 3.8) is 0 Å². The van der Waals surface area contributed by atoms with Crippen LogP contribution in [0.5, 0.6) is 5.75 Å². The van der Waals surface area contributed by atoms with Gasteiger partial charge < -0.3 is 10.1 Å². The summed E-state index contributed by atoms with van der Waals surface area (Å²) < 4.78 is 19.1. The molecule has 102 valence electrons. The summed E-state index contributed by atoms with van der Waals surface area (Å²) in [7, 11) is 1.47. The molecule has 0 radical (unpaired) electrons. The van der Waals surface area contributed by atoms with Crippen LogP contribution in [0.3, 0.4) is 0 Å². The van der Waals surface area contributed by atoms with Gasteiger partial charge in [-0.15, -0.1) is 11.3 Å². The second kappa shape index (κ2) is 6.37. The fraction of sp³-hybridized carbons (Fsp3) is 0.286. The highest BCUT2D eigenvalue weighted by atomic mass is 35.5. The normalized spacial score (nSPS) is 12.4. The molecule has 1 heterocycles. The molecule has 0 bridgehead atoms. The van der Waals surface area contributed by atoms with Gasteiger partial charge >= 0.3 is 0 Å². The molecule has 1 N–H and O–H groups in total. The Kier molecular flexibility index (Phi) is 4.80. The number of hydrogen-bond donors (Lipinski definition) is 1. The Morgan fingerprint density at radius 1 is 1.37 bits per heavy atom. The molecule has 1 aromatic carbocycles. The van der Waals surface area contributed by atoms with Gasteiger partial charge in [0.15, 0.2) is 11.6 Å². The molecule has 0 amide bonds. The van der Waals surface area contributed by atoms with Crippen LogP contribution in [0.15, 0.2) is 30.3 Å². The molecule has 0 aliphatic rings. The predicted molar refractivity (Wildman–Crippen MR) is 77.5 cm³/mol. The van der Waals surface area contributed by atoms with Gasteiger partial charge in [0.1, 0.15) is 0 Å². The maximum Gasteiger partial charge on any atom is 0.165 e. The minimum atomic E-state index is -0.344. The topological polar surface area (TPSA) is 21.3 Å². The van der Waals surface area contributed by atoms with Gasteiger partial charge in [-0.1, -0.05) is 17.7 Å². The minimum Gasteiger partial charge on any atom is -0.494 e. The van der Waals surface area contributed by atoms with E-state index in [4.69, 9.17) is 16.3 Å². The molecule has 19 heavy (non-hydrogen) atoms. The summed E-state index contributed by atoms with van der Waals surface area (Å²) in [6.07, 6.45) is 0. The van der Waals surface area contributed by atoms with Crippen LogP contribution in [0.1, 0.15) is 23.4 Å². The molecule has 1 unspecified atom stereocenters. The van der Waals surface area contributed by atoms with Crippen LogP contribution in [-0.2, 0) is 6.54 Å². The first kappa shape index (κ1) is 14.3. The molecular formula is C14H15ClFNOS. The summed E-state index contributed by atoms with van der Waals surface area (Å²) in [5.41, 5.74) is 0.987. The molecule has 0 aliphatic carbocycles. The van der Waals surface area contributed by atoms with Crippen LogP contribution in [0.25, 0.3) is 0 Å². The van der Waals surface area contributed by atoms with Crippen molar-refractivity contribution in [3.05, 3.63) is 50.9 Å². The predicted octanol–water partition coefficient (Wildman–Crippen LogP) is 4.40. The van der Waals surface area contributed by atoms with E-state index in [0.29, 0.717) is 0 Å². The molecule has 2 nitrogen and oxygen atoms in total. The molecule has 2 aromatic rings. The van der Waals surface area contributed by atoms with Crippen molar-refractivity contribution in [1.82, 2.24) is 5.32 Å². The summed E-state index contributed by atoms with van der Waals surface area (Å²) in [5, 5.41) is 3.37. The fourth-order valence-corrected chi connectivity index (χ4v) is 2.80. The second-order valence-corrected chi connectivity index (χ2v) is 6.00. The molecule has 0 fully saturated rings. The number of hydrogen-bond acceptors (Lipinski definition) is 3. The van der Waals surface area contributed by atoms with Gasteiger partial charge in [0, 0.05) is 17.5 Å². The number of halogens is 2. The summed E-state index contributed by atoms with van der Waals surface area (Å²) in [6.45, 7) is 2.76. The highest BCUT2D eigenvalue weighted by Gasteiger charge is 2.09. The van der Waals surface area contributed by atoms with Gasteiger partial charge in [-0.3, -0.25) is 0 Å². The first-order valence-electron chi connectivity index (χ1n) is 5.91. The van der Waals surface area contributed by atoms with Gasteiger partial charge in [-0.05, 0) is 36.8 Å². The minimum absolute atomic E-state index is 0.107. The Morgan fingerprint density at radius 3 is 2.79 bits per heavy atom. The second-order valence-electron chi connectivity index (χ2n) is 4.20. The van der Waals surface area contributed by atoms with Crippen LogP contribution in [0, 0.1) is 5.82 Å². The molecular weight excluding hydrogens is 285 g/mol. The van der Waals surface area contributed by atoms with Gasteiger partial charge in [0.2, 0.25) is 0 Å². The molecule has 0 saturated heterocycles. The van der Waals surface area contributed by atoms with E-state index in [1.54, 1.807) is 23.5 Å². The van der Waals surface area contributed by atoms with Crippen molar-refractivity contribution in [1.29, 1.82) is 0 Å². The van der Waals surface area contributed by atoms with Crippen LogP contribution >= 0.6 is 22.9 Å². The highest BCUT2D eigenvalue weighted by molar-refractivity contribution is 7.16. The van der Waals surface area contributed by atoms with Gasteiger partial charge in [0.05, 0.1) is 11.4 Å². The van der Waals surface area contributed by atoms with Crippen LogP contribution in [0.2, 0.25) is 4.34 Å². The van der Waals surface area contributed by atoms with Crippen molar-refractivity contribution in [2.45, 2.75) is 19.5 Å². The van der Waals surface area contributed by atoms with E-state index < -0.39 is 0 Å². The molecule has 0 saturated carbocycles. The van der Waals surface area contributed by atoms with E-state index in [9.17, 15) is 4.39 Å². The largest absolute Gasteiger partial charge is 0.494 e. The summed E-state index contributed by atoms with van der Waals surface area (Å²) in [5.74, 6) is -0.0752. The highest BCUT2D eigenvalue weighted by Crippen LogP contribution is 2.24. The first-order valence-corrected chi connectivity index (χ1v) is 7.10. The van der Waals surface area contributed by atoms with Crippen LogP contribution in [0.4, 0.5) is 4.39 Å².